The van der Waals surface area contributed by atoms with Gasteiger partial charge in [-0.25, -0.2) is 24.3 Å². The quantitative estimate of drug-likeness (QED) is 0.0180. The molecule has 12 N–H and O–H groups in total. The topological polar surface area (TPSA) is 396 Å². The van der Waals surface area contributed by atoms with Crippen molar-refractivity contribution in [2.45, 2.75) is 176 Å². The number of thioether (sulfide) groups is 1. The first-order chi connectivity index (χ1) is 48.4. The Morgan fingerprint density at radius 1 is 0.450 bits per heavy atom. The van der Waals surface area contributed by atoms with Gasteiger partial charge >= 0.3 is 29.9 Å². The molecule has 2 saturated carbocycles. The minimum atomic E-state index is -0.973. The second-order valence-corrected chi connectivity index (χ2v) is 29.9. The molecule has 0 radical (unpaired) electrons. The summed E-state index contributed by atoms with van der Waals surface area (Å²) in [6.07, 6.45) is 17.1. The van der Waals surface area contributed by atoms with Crippen molar-refractivity contribution in [2.75, 3.05) is 196 Å². The van der Waals surface area contributed by atoms with Gasteiger partial charge in [-0.3, -0.25) is 89.0 Å². The third kappa shape index (κ3) is 34.1. The molecule has 32 nitrogen and oxygen atoms in total. The van der Waals surface area contributed by atoms with Gasteiger partial charge in [-0.2, -0.15) is 11.8 Å². The summed E-state index contributed by atoms with van der Waals surface area (Å²) in [4.78, 5) is 124. The molecule has 4 saturated heterocycles. The van der Waals surface area contributed by atoms with Crippen LogP contribution in [0.3, 0.4) is 0 Å². The van der Waals surface area contributed by atoms with Crippen LogP contribution in [0.15, 0.2) is 0 Å². The molecule has 33 heteroatoms. The molecule has 4 amide bonds. The molecule has 6 rings (SSSR count). The van der Waals surface area contributed by atoms with Gasteiger partial charge in [0.25, 0.3) is 0 Å². The Bertz CT molecular complexity index is 2230. The fourth-order valence-electron chi connectivity index (χ4n) is 15.7. The number of nitrogens with one attached hydrogen (secondary N) is 4. The Hall–Kier alpha value is -4.24. The minimum Gasteiger partial charge on any atom is -0.480 e. The van der Waals surface area contributed by atoms with E-state index in [9.17, 15) is 54.0 Å². The lowest BCUT2D eigenvalue weighted by Crippen LogP contribution is -2.53. The maximum absolute atomic E-state index is 13.4. The second kappa shape index (κ2) is 48.7. The van der Waals surface area contributed by atoms with Crippen molar-refractivity contribution in [1.29, 1.82) is 0 Å². The van der Waals surface area contributed by atoms with E-state index in [2.05, 4.69) is 65.3 Å². The van der Waals surface area contributed by atoms with E-state index >= 15 is 0 Å². The number of aliphatic carboxylic acids is 4. The average Bonchev–Trinajstić information content (AvgIpc) is 1.66. The van der Waals surface area contributed by atoms with E-state index in [1.54, 1.807) is 0 Å². The summed E-state index contributed by atoms with van der Waals surface area (Å²) in [7, 11) is 0. The van der Waals surface area contributed by atoms with Crippen LogP contribution in [0.2, 0.25) is 0 Å². The zero-order valence-corrected chi connectivity index (χ0v) is 60.1. The predicted molar refractivity (Wildman–Crippen MR) is 374 cm³/mol. The number of hydrogen-bond acceptors (Lipinski definition) is 25. The summed E-state index contributed by atoms with van der Waals surface area (Å²) in [6.45, 7) is 10.6. The van der Waals surface area contributed by atoms with Crippen molar-refractivity contribution in [2.24, 2.45) is 11.8 Å². The fourth-order valence-corrected chi connectivity index (χ4v) is 17.2. The minimum absolute atomic E-state index is 0.0381. The van der Waals surface area contributed by atoms with Gasteiger partial charge in [0.2, 0.25) is 11.8 Å². The molecule has 0 aromatic heterocycles. The molecule has 4 heterocycles. The number of unbranched alkanes of at least 4 members (excludes halogenated alkanes) is 5. The second-order valence-electron chi connectivity index (χ2n) is 28.6. The lowest BCUT2D eigenvalue weighted by atomic mass is 9.81. The van der Waals surface area contributed by atoms with E-state index in [1.165, 1.54) is 0 Å². The first-order valence-corrected chi connectivity index (χ1v) is 38.2. The first kappa shape index (κ1) is 84.7. The van der Waals surface area contributed by atoms with E-state index in [0.29, 0.717) is 149 Å². The van der Waals surface area contributed by atoms with Gasteiger partial charge in [0.05, 0.1) is 64.7 Å². The summed E-state index contributed by atoms with van der Waals surface area (Å²) in [6, 6.07) is -0.150. The Morgan fingerprint density at radius 2 is 0.810 bits per heavy atom. The monoisotopic (exact) mass is 1450 g/mol. The number of amides is 4. The molecule has 0 aromatic carbocycles. The zero-order valence-electron chi connectivity index (χ0n) is 59.3. The molecular weight excluding hydrogens is 1320 g/mol. The molecule has 100 heavy (non-hydrogen) atoms. The molecule has 5 atom stereocenters. The number of rotatable bonds is 43. The number of hydrogen-bond donors (Lipinski definition) is 12. The standard InChI is InChI=1S/C67H123N13O19S/c81-60(68-54-16-12-52(13-17-54)43-56-45-77(47-62(83)84)29-27-73(35-39-96-92)23-25-75(37-41-98-94)31-33-79(56)49-64(87)88)10-3-1-6-20-72(22-8-5-9-59-66-58(51-100-59)70-67(91)71-66)21-7-2-4-11-61(82)69-55-18-14-53(15-19-55)44-57-46-78(48-63(85)86)30-28-74(36-40-97-93)24-26-76(38-42-99-95)32-34-80(57)50-65(89)90/h52-59,66,92-95H,1-51H2,(H,68,81)(H,69,82)(H,83,84)(H,85,86)(H,87,88)(H,89,90)(H2,70,71,91). The lowest BCUT2D eigenvalue weighted by molar-refractivity contribution is -0.245. The number of nitrogens with zero attached hydrogens (tertiary/aromatic N) is 9. The molecule has 576 valence electrons. The number of fused-ring (bicyclic) bond motifs is 1. The molecule has 0 spiro atoms. The van der Waals surface area contributed by atoms with Crippen molar-refractivity contribution in [3.63, 3.8) is 0 Å². The highest BCUT2D eigenvalue weighted by Gasteiger charge is 2.43. The van der Waals surface area contributed by atoms with Crippen LogP contribution in [0.25, 0.3) is 0 Å². The van der Waals surface area contributed by atoms with E-state index in [4.69, 9.17) is 21.0 Å². The molecule has 5 unspecified atom stereocenters. The highest BCUT2D eigenvalue weighted by molar-refractivity contribution is 8.00. The van der Waals surface area contributed by atoms with E-state index < -0.39 is 23.9 Å². The molecule has 0 bridgehead atoms. The molecule has 6 aliphatic rings. The lowest BCUT2D eigenvalue weighted by Gasteiger charge is -2.40. The summed E-state index contributed by atoms with van der Waals surface area (Å²) in [5, 5.41) is 89.8. The highest BCUT2D eigenvalue weighted by atomic mass is 32.2. The Labute approximate surface area is 595 Å². The SMILES string of the molecule is O=C(O)CN1CCN(CCOO)CCN(CCOO)CCN(CC(=O)O)C(CC2CCC(NC(=O)CCCCCN(CCCCCC(=O)NC3CCC(CC4CN(CC(=O)O)CCN(CCOO)CCN(CCOO)CCN4CC(=O)O)CC3)CCCCC3SCC4NC(=O)NC43)CC2)C1. The van der Waals surface area contributed by atoms with Crippen LogP contribution in [0.4, 0.5) is 4.79 Å². The van der Waals surface area contributed by atoms with Crippen LogP contribution >= 0.6 is 11.8 Å². The normalized spacial score (nSPS) is 26.2. The number of carboxylic acids is 4. The van der Waals surface area contributed by atoms with Gasteiger partial charge in [-0.05, 0) is 134 Å². The smallest absolute Gasteiger partial charge is 0.317 e. The Kier molecular flexibility index (Phi) is 41.3. The predicted octanol–water partition coefficient (Wildman–Crippen LogP) is 2.35. The maximum atomic E-state index is 13.4. The summed E-state index contributed by atoms with van der Waals surface area (Å²) in [5.41, 5.74) is 0. The van der Waals surface area contributed by atoms with Gasteiger partial charge in [-0.15, -0.1) is 0 Å². The third-order valence-electron chi connectivity index (χ3n) is 21.2. The summed E-state index contributed by atoms with van der Waals surface area (Å²) < 4.78 is 0. The molecule has 4 aliphatic heterocycles. The molecular formula is C67H123N13O19S. The van der Waals surface area contributed by atoms with Crippen LogP contribution in [0.5, 0.6) is 0 Å². The van der Waals surface area contributed by atoms with Crippen molar-refractivity contribution in [3.8, 4) is 0 Å². The van der Waals surface area contributed by atoms with Crippen LogP contribution in [-0.4, -0.2) is 365 Å². The van der Waals surface area contributed by atoms with Gasteiger partial charge in [0.1, 0.15) is 0 Å². The van der Waals surface area contributed by atoms with Crippen LogP contribution in [0.1, 0.15) is 135 Å². The van der Waals surface area contributed by atoms with Crippen molar-refractivity contribution in [1.82, 2.24) is 65.4 Å². The molecule has 2 aliphatic carbocycles. The van der Waals surface area contributed by atoms with Crippen molar-refractivity contribution >= 4 is 53.5 Å². The third-order valence-corrected chi connectivity index (χ3v) is 22.7. The number of urea groups is 1. The Balaban J connectivity index is 0.937. The maximum Gasteiger partial charge on any atom is 0.317 e. The first-order valence-electron chi connectivity index (χ1n) is 37.1. The molecule has 0 aromatic rings. The van der Waals surface area contributed by atoms with Gasteiger partial charge in [0.15, 0.2) is 0 Å². The number of carbonyl (C=O) groups excluding carboxylic acids is 3. The largest absolute Gasteiger partial charge is 0.480 e. The Morgan fingerprint density at radius 3 is 1.18 bits per heavy atom. The van der Waals surface area contributed by atoms with Gasteiger partial charge in [-0.1, -0.05) is 19.3 Å². The summed E-state index contributed by atoms with van der Waals surface area (Å²) in [5.74, 6) is -2.38. The van der Waals surface area contributed by atoms with E-state index in [-0.39, 0.29) is 119 Å². The summed E-state index contributed by atoms with van der Waals surface area (Å²) >= 11 is 1.93. The van der Waals surface area contributed by atoms with Crippen molar-refractivity contribution in [3.05, 3.63) is 0 Å². The highest BCUT2D eigenvalue weighted by Crippen LogP contribution is 2.34. The van der Waals surface area contributed by atoms with Crippen LogP contribution in [-0.2, 0) is 48.3 Å². The van der Waals surface area contributed by atoms with Gasteiger partial charge < -0.3 is 46.6 Å². The number of carbonyl (C=O) groups is 7. The average molecular weight is 1450 g/mol. The fraction of sp³-hybridized carbons (Fsp3) is 0.896. The zero-order chi connectivity index (χ0) is 71.9. The molecule has 6 fully saturated rings. The van der Waals surface area contributed by atoms with Crippen molar-refractivity contribution < 1.29 is 94.6 Å². The van der Waals surface area contributed by atoms with Gasteiger partial charge in [0, 0.05) is 166 Å². The van der Waals surface area contributed by atoms with Crippen LogP contribution in [0, 0.1) is 11.8 Å². The van der Waals surface area contributed by atoms with E-state index in [0.717, 1.165) is 135 Å². The number of carboxylic acid groups (broad SMARTS) is 4. The van der Waals surface area contributed by atoms with Crippen LogP contribution < -0.4 is 21.3 Å². The van der Waals surface area contributed by atoms with E-state index in [1.807, 2.05) is 31.4 Å².